The van der Waals surface area contributed by atoms with Crippen LogP contribution in [-0.2, 0) is 9.53 Å². The van der Waals surface area contributed by atoms with Gasteiger partial charge in [-0.3, -0.25) is 19.8 Å². The Labute approximate surface area is 135 Å². The SMILES string of the molecule is CCOC(=O)C1CCCCN1CC=Cc1ccccc1[N+](=O)[O-]. The van der Waals surface area contributed by atoms with Gasteiger partial charge in [0.2, 0.25) is 0 Å². The highest BCUT2D eigenvalue weighted by Crippen LogP contribution is 2.21. The first-order valence-electron chi connectivity index (χ1n) is 7.94. The molecule has 1 atom stereocenters. The average molecular weight is 318 g/mol. The largest absolute Gasteiger partial charge is 0.465 e. The first-order chi connectivity index (χ1) is 11.1. The summed E-state index contributed by atoms with van der Waals surface area (Å²) in [6.45, 7) is 3.61. The minimum absolute atomic E-state index is 0.0873. The van der Waals surface area contributed by atoms with Crippen LogP contribution >= 0.6 is 0 Å². The number of carbonyl (C=O) groups is 1. The molecule has 6 nitrogen and oxygen atoms in total. The number of hydrogen-bond donors (Lipinski definition) is 0. The molecular weight excluding hydrogens is 296 g/mol. The molecule has 1 heterocycles. The van der Waals surface area contributed by atoms with Gasteiger partial charge in [0.1, 0.15) is 6.04 Å². The standard InChI is InChI=1S/C17H22N2O4/c1-2-23-17(20)16-11-5-6-12-18(16)13-7-9-14-8-3-4-10-15(14)19(21)22/h3-4,7-10,16H,2,5-6,11-13H2,1H3. The first-order valence-corrected chi connectivity index (χ1v) is 7.94. The number of ether oxygens (including phenoxy) is 1. The van der Waals surface area contributed by atoms with Crippen LogP contribution in [0.4, 0.5) is 5.69 Å². The Bertz CT molecular complexity index is 586. The summed E-state index contributed by atoms with van der Waals surface area (Å²) >= 11 is 0. The number of benzene rings is 1. The van der Waals surface area contributed by atoms with E-state index in [1.54, 1.807) is 31.2 Å². The first kappa shape index (κ1) is 17.1. The molecule has 124 valence electrons. The maximum atomic E-state index is 12.0. The number of nitrogens with zero attached hydrogens (tertiary/aromatic N) is 2. The Morgan fingerprint density at radius 2 is 2.22 bits per heavy atom. The van der Waals surface area contributed by atoms with Crippen LogP contribution in [0.2, 0.25) is 0 Å². The van der Waals surface area contributed by atoms with E-state index in [1.807, 2.05) is 6.08 Å². The van der Waals surface area contributed by atoms with Crippen LogP contribution in [0, 0.1) is 10.1 Å². The van der Waals surface area contributed by atoms with Crippen LogP contribution in [0.25, 0.3) is 6.08 Å². The fourth-order valence-corrected chi connectivity index (χ4v) is 2.82. The van der Waals surface area contributed by atoms with Gasteiger partial charge in [-0.25, -0.2) is 0 Å². The third-order valence-electron chi connectivity index (χ3n) is 3.94. The molecule has 0 amide bonds. The lowest BCUT2D eigenvalue weighted by atomic mass is 10.0. The number of piperidine rings is 1. The van der Waals surface area contributed by atoms with Crippen molar-refractivity contribution in [3.63, 3.8) is 0 Å². The van der Waals surface area contributed by atoms with Crippen molar-refractivity contribution < 1.29 is 14.5 Å². The van der Waals surface area contributed by atoms with Crippen LogP contribution in [0.15, 0.2) is 30.3 Å². The highest BCUT2D eigenvalue weighted by Gasteiger charge is 2.28. The summed E-state index contributed by atoms with van der Waals surface area (Å²) in [4.78, 5) is 24.7. The van der Waals surface area contributed by atoms with Crippen molar-refractivity contribution in [1.82, 2.24) is 4.90 Å². The highest BCUT2D eigenvalue weighted by molar-refractivity contribution is 5.76. The molecule has 1 unspecified atom stereocenters. The van der Waals surface area contributed by atoms with Crippen LogP contribution < -0.4 is 0 Å². The molecule has 6 heteroatoms. The number of hydrogen-bond acceptors (Lipinski definition) is 5. The maximum Gasteiger partial charge on any atom is 0.323 e. The molecule has 0 radical (unpaired) electrons. The van der Waals surface area contributed by atoms with E-state index >= 15 is 0 Å². The molecule has 1 saturated heterocycles. The zero-order valence-corrected chi connectivity index (χ0v) is 13.3. The van der Waals surface area contributed by atoms with Crippen molar-refractivity contribution in [3.8, 4) is 0 Å². The van der Waals surface area contributed by atoms with Gasteiger partial charge < -0.3 is 4.74 Å². The molecule has 0 saturated carbocycles. The lowest BCUT2D eigenvalue weighted by Gasteiger charge is -2.33. The lowest BCUT2D eigenvalue weighted by molar-refractivity contribution is -0.385. The van der Waals surface area contributed by atoms with Crippen molar-refractivity contribution in [2.45, 2.75) is 32.2 Å². The molecule has 2 rings (SSSR count). The Morgan fingerprint density at radius 3 is 2.96 bits per heavy atom. The van der Waals surface area contributed by atoms with Crippen molar-refractivity contribution in [2.24, 2.45) is 0 Å². The van der Waals surface area contributed by atoms with Crippen LogP contribution in [0.3, 0.4) is 0 Å². The monoisotopic (exact) mass is 318 g/mol. The molecule has 1 fully saturated rings. The number of nitro groups is 1. The number of esters is 1. The maximum absolute atomic E-state index is 12.0. The normalized spacial score (nSPS) is 18.9. The molecule has 0 spiro atoms. The average Bonchev–Trinajstić information content (AvgIpc) is 2.56. The van der Waals surface area contributed by atoms with E-state index in [0.717, 1.165) is 25.8 Å². The minimum atomic E-state index is -0.387. The fraction of sp³-hybridized carbons (Fsp3) is 0.471. The quantitative estimate of drug-likeness (QED) is 0.458. The van der Waals surface area contributed by atoms with Crippen LogP contribution in [0.5, 0.6) is 0 Å². The van der Waals surface area contributed by atoms with Crippen molar-refractivity contribution in [3.05, 3.63) is 46.0 Å². The lowest BCUT2D eigenvalue weighted by Crippen LogP contribution is -2.45. The van der Waals surface area contributed by atoms with Gasteiger partial charge in [-0.05, 0) is 32.4 Å². The zero-order valence-electron chi connectivity index (χ0n) is 13.3. The molecule has 23 heavy (non-hydrogen) atoms. The predicted molar refractivity (Wildman–Crippen MR) is 88.0 cm³/mol. The second-order valence-electron chi connectivity index (χ2n) is 5.48. The molecule has 0 bridgehead atoms. The van der Waals surface area contributed by atoms with E-state index in [4.69, 9.17) is 4.74 Å². The summed E-state index contributed by atoms with van der Waals surface area (Å²) < 4.78 is 5.13. The predicted octanol–water partition coefficient (Wildman–Crippen LogP) is 3.03. The number of likely N-dealkylation sites (tertiary alicyclic amines) is 1. The van der Waals surface area contributed by atoms with Crippen molar-refractivity contribution in [1.29, 1.82) is 0 Å². The number of para-hydroxylation sites is 1. The van der Waals surface area contributed by atoms with Gasteiger partial charge in [-0.2, -0.15) is 0 Å². The van der Waals surface area contributed by atoms with Gasteiger partial charge in [0.05, 0.1) is 17.1 Å². The fourth-order valence-electron chi connectivity index (χ4n) is 2.82. The summed E-state index contributed by atoms with van der Waals surface area (Å²) in [5.74, 6) is -0.175. The van der Waals surface area contributed by atoms with Crippen LogP contribution in [0.1, 0.15) is 31.7 Å². The molecule has 0 N–H and O–H groups in total. The smallest absolute Gasteiger partial charge is 0.323 e. The summed E-state index contributed by atoms with van der Waals surface area (Å²) in [6, 6.07) is 6.42. The topological polar surface area (TPSA) is 72.7 Å². The highest BCUT2D eigenvalue weighted by atomic mass is 16.6. The van der Waals surface area contributed by atoms with E-state index in [1.165, 1.54) is 6.07 Å². The van der Waals surface area contributed by atoms with E-state index in [0.29, 0.717) is 18.7 Å². The van der Waals surface area contributed by atoms with Gasteiger partial charge >= 0.3 is 5.97 Å². The molecule has 1 aliphatic heterocycles. The molecular formula is C17H22N2O4. The van der Waals surface area contributed by atoms with Crippen molar-refractivity contribution in [2.75, 3.05) is 19.7 Å². The molecule has 0 aromatic heterocycles. The zero-order chi connectivity index (χ0) is 16.7. The van der Waals surface area contributed by atoms with E-state index in [-0.39, 0.29) is 22.6 Å². The van der Waals surface area contributed by atoms with Crippen LogP contribution in [-0.4, -0.2) is 41.5 Å². The number of rotatable bonds is 6. The minimum Gasteiger partial charge on any atom is -0.465 e. The number of nitro benzene ring substituents is 1. The molecule has 1 aliphatic rings. The Morgan fingerprint density at radius 1 is 1.43 bits per heavy atom. The van der Waals surface area contributed by atoms with Gasteiger partial charge in [-0.15, -0.1) is 0 Å². The summed E-state index contributed by atoms with van der Waals surface area (Å²) in [5.41, 5.74) is 0.659. The third-order valence-corrected chi connectivity index (χ3v) is 3.94. The second kappa shape index (κ2) is 8.43. The molecule has 1 aromatic carbocycles. The summed E-state index contributed by atoms with van der Waals surface area (Å²) in [5, 5.41) is 11.0. The molecule has 1 aromatic rings. The van der Waals surface area contributed by atoms with Crippen molar-refractivity contribution >= 4 is 17.7 Å². The second-order valence-corrected chi connectivity index (χ2v) is 5.48. The summed E-state index contributed by atoms with van der Waals surface area (Å²) in [7, 11) is 0. The van der Waals surface area contributed by atoms with Gasteiger partial charge in [0, 0.05) is 12.6 Å². The van der Waals surface area contributed by atoms with E-state index < -0.39 is 0 Å². The Kier molecular flexibility index (Phi) is 6.29. The Balaban J connectivity index is 2.03. The van der Waals surface area contributed by atoms with Gasteiger partial charge in [0.15, 0.2) is 0 Å². The third kappa shape index (κ3) is 4.63. The summed E-state index contributed by atoms with van der Waals surface area (Å²) in [6.07, 6.45) is 6.50. The van der Waals surface area contributed by atoms with E-state index in [9.17, 15) is 14.9 Å². The Hall–Kier alpha value is -2.21. The number of carbonyl (C=O) groups excluding carboxylic acids is 1. The van der Waals surface area contributed by atoms with Gasteiger partial charge in [0.25, 0.3) is 5.69 Å². The molecule has 0 aliphatic carbocycles. The van der Waals surface area contributed by atoms with E-state index in [2.05, 4.69) is 4.90 Å². The van der Waals surface area contributed by atoms with Gasteiger partial charge in [-0.1, -0.05) is 30.7 Å².